The molecule has 0 bridgehead atoms. The Bertz CT molecular complexity index is 572. The molecule has 0 aromatic heterocycles. The molecule has 1 aromatic carbocycles. The fourth-order valence-corrected chi connectivity index (χ4v) is 2.40. The average molecular weight is 301 g/mol. The number of nitrogens with zero attached hydrogens (tertiary/aromatic N) is 1. The van der Waals surface area contributed by atoms with Gasteiger partial charge in [0.05, 0.1) is 17.1 Å². The fourth-order valence-electron chi connectivity index (χ4n) is 2.11. The summed E-state index contributed by atoms with van der Waals surface area (Å²) in [6.07, 6.45) is -2.02. The molecule has 0 saturated heterocycles. The van der Waals surface area contributed by atoms with Crippen molar-refractivity contribution < 1.29 is 13.6 Å². The Morgan fingerprint density at radius 2 is 2.15 bits per heavy atom. The van der Waals surface area contributed by atoms with Gasteiger partial charge in [-0.25, -0.2) is 8.78 Å². The molecule has 108 valence electrons. The minimum absolute atomic E-state index is 0.0943. The second kappa shape index (κ2) is 5.79. The first kappa shape index (κ1) is 14.8. The highest BCUT2D eigenvalue weighted by Gasteiger charge is 2.24. The topological polar surface area (TPSA) is 46.3 Å². The molecule has 0 aliphatic carbocycles. The van der Waals surface area contributed by atoms with Crippen molar-refractivity contribution >= 4 is 17.5 Å². The third-order valence-electron chi connectivity index (χ3n) is 3.45. The minimum atomic E-state index is -2.70. The number of alkyl halides is 2. The molecule has 1 aromatic rings. The van der Waals surface area contributed by atoms with Crippen molar-refractivity contribution in [3.63, 3.8) is 0 Å². The van der Waals surface area contributed by atoms with E-state index in [4.69, 9.17) is 17.3 Å². The van der Waals surface area contributed by atoms with E-state index in [1.165, 1.54) is 23.1 Å². The Morgan fingerprint density at radius 1 is 1.45 bits per heavy atom. The number of hydrogen-bond donors (Lipinski definition) is 1. The second-order valence-corrected chi connectivity index (χ2v) is 5.17. The van der Waals surface area contributed by atoms with Gasteiger partial charge in [0.25, 0.3) is 12.3 Å². The van der Waals surface area contributed by atoms with Crippen molar-refractivity contribution in [2.75, 3.05) is 13.1 Å². The van der Waals surface area contributed by atoms with Gasteiger partial charge in [-0.1, -0.05) is 29.3 Å². The van der Waals surface area contributed by atoms with E-state index < -0.39 is 6.43 Å². The third-order valence-corrected chi connectivity index (χ3v) is 3.87. The Kier molecular flexibility index (Phi) is 4.28. The molecule has 1 aliphatic rings. The van der Waals surface area contributed by atoms with E-state index in [1.807, 2.05) is 6.92 Å². The summed E-state index contributed by atoms with van der Waals surface area (Å²) in [5, 5.41) is -0.183. The lowest BCUT2D eigenvalue weighted by molar-refractivity contribution is 0.0762. The second-order valence-electron chi connectivity index (χ2n) is 4.79. The highest BCUT2D eigenvalue weighted by atomic mass is 35.5. The Hall–Kier alpha value is -1.62. The van der Waals surface area contributed by atoms with E-state index in [0.29, 0.717) is 25.2 Å². The maximum absolute atomic E-state index is 12.8. The molecule has 0 atom stereocenters. The van der Waals surface area contributed by atoms with Crippen LogP contribution in [0.3, 0.4) is 0 Å². The lowest BCUT2D eigenvalue weighted by atomic mass is 10.0. The van der Waals surface area contributed by atoms with Gasteiger partial charge in [0.15, 0.2) is 0 Å². The van der Waals surface area contributed by atoms with Crippen molar-refractivity contribution in [3.8, 4) is 0 Å². The SMILES string of the molecule is CC1=C(N)CN(C(=O)c2cccc(C(F)F)c2Cl)CC1. The maximum atomic E-state index is 12.8. The molecule has 1 aliphatic heterocycles. The first-order valence-corrected chi connectivity index (χ1v) is 6.59. The summed E-state index contributed by atoms with van der Waals surface area (Å²) >= 11 is 5.91. The maximum Gasteiger partial charge on any atom is 0.265 e. The molecule has 0 radical (unpaired) electrons. The van der Waals surface area contributed by atoms with Crippen LogP contribution >= 0.6 is 11.6 Å². The van der Waals surface area contributed by atoms with Crippen molar-refractivity contribution in [2.24, 2.45) is 5.73 Å². The van der Waals surface area contributed by atoms with Gasteiger partial charge in [0.2, 0.25) is 0 Å². The van der Waals surface area contributed by atoms with Gasteiger partial charge < -0.3 is 10.6 Å². The molecule has 0 unspecified atom stereocenters. The largest absolute Gasteiger partial charge is 0.401 e. The molecule has 6 heteroatoms. The van der Waals surface area contributed by atoms with Gasteiger partial charge in [-0.15, -0.1) is 0 Å². The van der Waals surface area contributed by atoms with E-state index in [1.54, 1.807) is 0 Å². The number of rotatable bonds is 2. The van der Waals surface area contributed by atoms with Crippen LogP contribution in [0.4, 0.5) is 8.78 Å². The van der Waals surface area contributed by atoms with Crippen LogP contribution in [-0.2, 0) is 0 Å². The van der Waals surface area contributed by atoms with E-state index in [9.17, 15) is 13.6 Å². The van der Waals surface area contributed by atoms with Gasteiger partial charge in [0, 0.05) is 17.8 Å². The Labute approximate surface area is 121 Å². The molecular weight excluding hydrogens is 286 g/mol. The highest BCUT2D eigenvalue weighted by Crippen LogP contribution is 2.30. The van der Waals surface area contributed by atoms with Gasteiger partial charge in [-0.2, -0.15) is 0 Å². The number of nitrogens with two attached hydrogens (primary N) is 1. The number of hydrogen-bond acceptors (Lipinski definition) is 2. The lowest BCUT2D eigenvalue weighted by Gasteiger charge is -2.28. The van der Waals surface area contributed by atoms with Crippen molar-refractivity contribution in [1.29, 1.82) is 0 Å². The summed E-state index contributed by atoms with van der Waals surface area (Å²) in [4.78, 5) is 13.9. The van der Waals surface area contributed by atoms with Crippen molar-refractivity contribution in [2.45, 2.75) is 19.8 Å². The highest BCUT2D eigenvalue weighted by molar-refractivity contribution is 6.34. The van der Waals surface area contributed by atoms with Crippen LogP contribution in [0.15, 0.2) is 29.5 Å². The summed E-state index contributed by atoms with van der Waals surface area (Å²) in [6, 6.07) is 4.09. The molecule has 1 heterocycles. The van der Waals surface area contributed by atoms with Crippen LogP contribution in [0.2, 0.25) is 5.02 Å². The van der Waals surface area contributed by atoms with Gasteiger partial charge in [0.1, 0.15) is 0 Å². The minimum Gasteiger partial charge on any atom is -0.401 e. The van der Waals surface area contributed by atoms with Crippen molar-refractivity contribution in [3.05, 3.63) is 45.6 Å². The zero-order valence-electron chi connectivity index (χ0n) is 11.0. The summed E-state index contributed by atoms with van der Waals surface area (Å²) in [7, 11) is 0. The van der Waals surface area contributed by atoms with Gasteiger partial charge >= 0.3 is 0 Å². The van der Waals surface area contributed by atoms with E-state index in [2.05, 4.69) is 0 Å². The lowest BCUT2D eigenvalue weighted by Crippen LogP contribution is -2.38. The number of carbonyl (C=O) groups is 1. The van der Waals surface area contributed by atoms with Gasteiger partial charge in [-0.3, -0.25) is 4.79 Å². The number of benzene rings is 1. The van der Waals surface area contributed by atoms with Crippen molar-refractivity contribution in [1.82, 2.24) is 4.90 Å². The third kappa shape index (κ3) is 2.77. The Morgan fingerprint density at radius 3 is 2.75 bits per heavy atom. The predicted molar refractivity (Wildman–Crippen MR) is 73.8 cm³/mol. The smallest absolute Gasteiger partial charge is 0.265 e. The van der Waals surface area contributed by atoms with Crippen LogP contribution in [0.1, 0.15) is 35.7 Å². The van der Waals surface area contributed by atoms with Crippen LogP contribution in [0.5, 0.6) is 0 Å². The molecule has 3 nitrogen and oxygen atoms in total. The number of carbonyl (C=O) groups excluding carboxylic acids is 1. The van der Waals surface area contributed by atoms with Crippen LogP contribution in [0.25, 0.3) is 0 Å². The summed E-state index contributed by atoms with van der Waals surface area (Å²) < 4.78 is 25.6. The summed E-state index contributed by atoms with van der Waals surface area (Å²) in [6.45, 7) is 2.74. The molecule has 0 spiro atoms. The average Bonchev–Trinajstić information content (AvgIpc) is 2.41. The predicted octanol–water partition coefficient (Wildman–Crippen LogP) is 3.36. The van der Waals surface area contributed by atoms with E-state index in [0.717, 1.165) is 5.57 Å². The van der Waals surface area contributed by atoms with Gasteiger partial charge in [-0.05, 0) is 19.4 Å². The van der Waals surface area contributed by atoms with Crippen LogP contribution in [0, 0.1) is 0 Å². The Balaban J connectivity index is 2.29. The normalized spacial score (nSPS) is 15.9. The standard InChI is InChI=1S/C14H15ClF2N2O/c1-8-5-6-19(7-11(8)18)14(20)10-4-2-3-9(12(10)15)13(16)17/h2-4,13H,5-7,18H2,1H3. The monoisotopic (exact) mass is 300 g/mol. The fraction of sp³-hybridized carbons (Fsp3) is 0.357. The first-order valence-electron chi connectivity index (χ1n) is 6.21. The molecule has 2 N–H and O–H groups in total. The first-order chi connectivity index (χ1) is 9.41. The molecule has 2 rings (SSSR count). The zero-order chi connectivity index (χ0) is 14.9. The quantitative estimate of drug-likeness (QED) is 0.910. The molecule has 0 fully saturated rings. The van der Waals surface area contributed by atoms with E-state index >= 15 is 0 Å². The molecule has 1 amide bonds. The summed E-state index contributed by atoms with van der Waals surface area (Å²) in [5.41, 5.74) is 7.30. The summed E-state index contributed by atoms with van der Waals surface area (Å²) in [5.74, 6) is -0.368. The number of amides is 1. The van der Waals surface area contributed by atoms with Crippen LogP contribution in [-0.4, -0.2) is 23.9 Å². The molecule has 20 heavy (non-hydrogen) atoms. The zero-order valence-corrected chi connectivity index (χ0v) is 11.8. The molecular formula is C14H15ClF2N2O. The molecule has 0 saturated carbocycles. The van der Waals surface area contributed by atoms with Crippen LogP contribution < -0.4 is 5.73 Å². The number of halogens is 3. The van der Waals surface area contributed by atoms with E-state index in [-0.39, 0.29) is 22.1 Å².